The monoisotopic (exact) mass is 243 g/mol. The maximum Gasteiger partial charge on any atom is 0.464 e. The first-order valence-corrected chi connectivity index (χ1v) is 4.15. The normalized spacial score (nSPS) is 10.3. The van der Waals surface area contributed by atoms with Crippen molar-refractivity contribution < 1.29 is 9.72 Å². The fraction of sp³-hybridized carbons (Fsp3) is 0. The predicted molar refractivity (Wildman–Crippen MR) is 47.9 cm³/mol. The van der Waals surface area contributed by atoms with E-state index in [1.165, 1.54) is 12.4 Å². The molecule has 2 heterocycles. The zero-order chi connectivity index (χ0) is 11.7. The molecule has 10 nitrogen and oxygen atoms in total. The summed E-state index contributed by atoms with van der Waals surface area (Å²) in [6, 6.07) is -0.899. The van der Waals surface area contributed by atoms with Crippen LogP contribution >= 0.6 is 11.6 Å². The Labute approximate surface area is 91.6 Å². The largest absolute Gasteiger partial charge is 0.464 e. The minimum absolute atomic E-state index is 0.428. The van der Waals surface area contributed by atoms with Crippen LogP contribution in [0.1, 0.15) is 0 Å². The number of nitrogens with zero attached hydrogens (tertiary/aromatic N) is 7. The molecule has 82 valence electrons. The maximum atomic E-state index is 11.6. The van der Waals surface area contributed by atoms with Gasteiger partial charge in [0.2, 0.25) is 0 Å². The van der Waals surface area contributed by atoms with Gasteiger partial charge in [-0.1, -0.05) is 21.9 Å². The van der Waals surface area contributed by atoms with Gasteiger partial charge in [0.05, 0.1) is 12.4 Å². The van der Waals surface area contributed by atoms with Crippen LogP contribution in [-0.4, -0.2) is 40.9 Å². The molecule has 0 aliphatic carbocycles. The van der Waals surface area contributed by atoms with Crippen LogP contribution in [0.4, 0.5) is 10.6 Å². The number of hydrogen-bond donors (Lipinski definition) is 0. The average Bonchev–Trinajstić information content (AvgIpc) is 2.84. The summed E-state index contributed by atoms with van der Waals surface area (Å²) < 4.78 is 1.19. The Morgan fingerprint density at radius 2 is 2.25 bits per heavy atom. The second-order valence-corrected chi connectivity index (χ2v) is 2.86. The number of carbonyl (C=O) groups is 1. The van der Waals surface area contributed by atoms with Crippen LogP contribution in [0.25, 0.3) is 0 Å². The Balaban J connectivity index is 2.49. The summed E-state index contributed by atoms with van der Waals surface area (Å²) in [4.78, 5) is 21.3. The lowest BCUT2D eigenvalue weighted by molar-refractivity contribution is -0.391. The molecule has 0 saturated heterocycles. The first-order valence-electron chi connectivity index (χ1n) is 3.78. The Bertz CT molecular complexity index is 546. The van der Waals surface area contributed by atoms with Gasteiger partial charge in [-0.15, -0.1) is 9.78 Å². The summed E-state index contributed by atoms with van der Waals surface area (Å²) in [5, 5.41) is 23.3. The Kier molecular flexibility index (Phi) is 2.32. The lowest BCUT2D eigenvalue weighted by Gasteiger charge is -1.95. The quantitative estimate of drug-likeness (QED) is 0.508. The van der Waals surface area contributed by atoms with Crippen molar-refractivity contribution in [3.63, 3.8) is 0 Å². The molecule has 0 aliphatic heterocycles. The van der Waals surface area contributed by atoms with Gasteiger partial charge in [0.25, 0.3) is 5.15 Å². The highest BCUT2D eigenvalue weighted by atomic mass is 35.5. The zero-order valence-corrected chi connectivity index (χ0v) is 8.14. The third-order valence-electron chi connectivity index (χ3n) is 1.58. The van der Waals surface area contributed by atoms with Gasteiger partial charge in [-0.05, 0) is 9.61 Å². The van der Waals surface area contributed by atoms with E-state index in [9.17, 15) is 14.9 Å². The van der Waals surface area contributed by atoms with Crippen LogP contribution in [0.15, 0.2) is 12.4 Å². The number of rotatable bonds is 1. The van der Waals surface area contributed by atoms with Crippen LogP contribution in [0.5, 0.6) is 0 Å². The van der Waals surface area contributed by atoms with Gasteiger partial charge in [0, 0.05) is 5.21 Å². The van der Waals surface area contributed by atoms with Crippen molar-refractivity contribution in [2.45, 2.75) is 0 Å². The number of carbonyl (C=O) groups excluding carboxylic acids is 1. The molecule has 2 aromatic heterocycles. The fourth-order valence-electron chi connectivity index (χ4n) is 0.947. The van der Waals surface area contributed by atoms with Crippen LogP contribution in [-0.2, 0) is 0 Å². The molecule has 0 amide bonds. The van der Waals surface area contributed by atoms with Crippen molar-refractivity contribution in [3.8, 4) is 0 Å². The summed E-state index contributed by atoms with van der Waals surface area (Å²) in [5.74, 6) is -0.720. The second kappa shape index (κ2) is 3.66. The lowest BCUT2D eigenvalue weighted by Crippen LogP contribution is -2.22. The van der Waals surface area contributed by atoms with Gasteiger partial charge in [0.1, 0.15) is 0 Å². The topological polar surface area (TPSA) is 122 Å². The summed E-state index contributed by atoms with van der Waals surface area (Å²) >= 11 is 5.41. The van der Waals surface area contributed by atoms with Crippen LogP contribution < -0.4 is 0 Å². The molecule has 0 radical (unpaired) electrons. The summed E-state index contributed by atoms with van der Waals surface area (Å²) in [6.07, 6.45) is 2.45. The van der Waals surface area contributed by atoms with Gasteiger partial charge in [-0.2, -0.15) is 0 Å². The lowest BCUT2D eigenvalue weighted by atomic mass is 10.7. The SMILES string of the molecule is O=C(n1ccnn1)n1nnc(Cl)c1[N+](=O)[O-]. The van der Waals surface area contributed by atoms with Crippen molar-refractivity contribution in [1.29, 1.82) is 0 Å². The molecule has 0 aromatic carbocycles. The molecule has 0 spiro atoms. The van der Waals surface area contributed by atoms with E-state index >= 15 is 0 Å². The molecule has 0 saturated carbocycles. The van der Waals surface area contributed by atoms with Crippen LogP contribution in [0, 0.1) is 10.1 Å². The fourth-order valence-corrected chi connectivity index (χ4v) is 1.13. The Morgan fingerprint density at radius 3 is 2.81 bits per heavy atom. The Hall–Kier alpha value is -2.36. The van der Waals surface area contributed by atoms with E-state index in [2.05, 4.69) is 20.6 Å². The zero-order valence-electron chi connectivity index (χ0n) is 7.39. The summed E-state index contributed by atoms with van der Waals surface area (Å²) in [7, 11) is 0. The average molecular weight is 244 g/mol. The molecular weight excluding hydrogens is 242 g/mol. The number of aromatic nitrogens is 6. The highest BCUT2D eigenvalue weighted by molar-refractivity contribution is 6.31. The number of halogens is 1. The standard InChI is InChI=1S/C5H2ClN7O3/c6-3-4(13(15)16)12(10-8-3)5(14)11-2-1-7-9-11/h1-2H. The van der Waals surface area contributed by atoms with E-state index in [1.54, 1.807) is 0 Å². The first-order chi connectivity index (χ1) is 7.61. The number of hydrogen-bond acceptors (Lipinski definition) is 7. The molecule has 2 aromatic rings. The van der Waals surface area contributed by atoms with E-state index in [4.69, 9.17) is 11.6 Å². The third kappa shape index (κ3) is 1.50. The molecule has 0 aliphatic rings. The molecule has 0 bridgehead atoms. The van der Waals surface area contributed by atoms with Gasteiger partial charge in [-0.25, -0.2) is 4.79 Å². The van der Waals surface area contributed by atoms with E-state index < -0.39 is 21.9 Å². The van der Waals surface area contributed by atoms with E-state index in [0.717, 1.165) is 4.68 Å². The summed E-state index contributed by atoms with van der Waals surface area (Å²) in [6.45, 7) is 0. The van der Waals surface area contributed by atoms with Crippen molar-refractivity contribution in [3.05, 3.63) is 27.7 Å². The molecule has 0 atom stereocenters. The molecule has 0 fully saturated rings. The van der Waals surface area contributed by atoms with Crippen molar-refractivity contribution in [2.75, 3.05) is 0 Å². The van der Waals surface area contributed by atoms with Gasteiger partial charge < -0.3 is 10.1 Å². The third-order valence-corrected chi connectivity index (χ3v) is 1.82. The highest BCUT2D eigenvalue weighted by Crippen LogP contribution is 2.20. The van der Waals surface area contributed by atoms with E-state index in [0.29, 0.717) is 4.68 Å². The van der Waals surface area contributed by atoms with Crippen LogP contribution in [0.3, 0.4) is 0 Å². The Morgan fingerprint density at radius 1 is 1.50 bits per heavy atom. The van der Waals surface area contributed by atoms with Gasteiger partial charge in [0.15, 0.2) is 0 Å². The van der Waals surface area contributed by atoms with Crippen molar-refractivity contribution in [1.82, 2.24) is 30.0 Å². The maximum absolute atomic E-state index is 11.6. The molecule has 2 rings (SSSR count). The minimum atomic E-state index is -0.899. The minimum Gasteiger partial charge on any atom is -0.358 e. The molecule has 16 heavy (non-hydrogen) atoms. The van der Waals surface area contributed by atoms with Crippen molar-refractivity contribution in [2.24, 2.45) is 0 Å². The highest BCUT2D eigenvalue weighted by Gasteiger charge is 2.29. The number of nitro groups is 1. The summed E-state index contributed by atoms with van der Waals surface area (Å²) in [5.41, 5.74) is 0. The second-order valence-electron chi connectivity index (χ2n) is 2.50. The first kappa shape index (κ1) is 10.2. The van der Waals surface area contributed by atoms with Gasteiger partial charge in [-0.3, -0.25) is 0 Å². The van der Waals surface area contributed by atoms with Crippen molar-refractivity contribution >= 4 is 23.4 Å². The molecular formula is C5H2ClN7O3. The van der Waals surface area contributed by atoms with E-state index in [-0.39, 0.29) is 0 Å². The van der Waals surface area contributed by atoms with E-state index in [1.807, 2.05) is 0 Å². The smallest absolute Gasteiger partial charge is 0.358 e. The molecule has 11 heteroatoms. The van der Waals surface area contributed by atoms with Crippen LogP contribution in [0.2, 0.25) is 5.15 Å². The molecule has 0 unspecified atom stereocenters. The van der Waals surface area contributed by atoms with Gasteiger partial charge >= 0.3 is 11.8 Å². The predicted octanol–water partition coefficient (Wildman–Crippen LogP) is -0.0524. The molecule has 0 N–H and O–H groups in total.